The Kier molecular flexibility index (Phi) is 10.2. The molecule has 0 aliphatic carbocycles. The average molecular weight is 277 g/mol. The lowest BCUT2D eigenvalue weighted by atomic mass is 10.0. The fourth-order valence-corrected chi connectivity index (χ4v) is 1.47. The maximum absolute atomic E-state index is 13.2. The van der Waals surface area contributed by atoms with Crippen LogP contribution in [0.2, 0.25) is 0 Å². The quantitative estimate of drug-likeness (QED) is 0.803. The third-order valence-electron chi connectivity index (χ3n) is 2.26. The number of allylic oxidation sites excluding steroid dienone is 5. The minimum absolute atomic E-state index is 0.0719. The molecule has 0 radical (unpaired) electrons. The van der Waals surface area contributed by atoms with E-state index in [0.717, 1.165) is 11.1 Å². The van der Waals surface area contributed by atoms with Gasteiger partial charge in [-0.05, 0) is 48.3 Å². The molecule has 3 heteroatoms. The molecule has 0 saturated heterocycles. The maximum Gasteiger partial charge on any atom is 0.123 e. The van der Waals surface area contributed by atoms with E-state index in [0.29, 0.717) is 12.0 Å². The van der Waals surface area contributed by atoms with Crippen LogP contribution in [-0.4, -0.2) is 10.1 Å². The molecule has 0 aliphatic heterocycles. The highest BCUT2D eigenvalue weighted by molar-refractivity contribution is 5.32. The monoisotopic (exact) mass is 277 g/mol. The van der Waals surface area contributed by atoms with Crippen molar-refractivity contribution >= 4 is 0 Å². The van der Waals surface area contributed by atoms with E-state index in [-0.39, 0.29) is 12.4 Å². The fraction of sp³-hybridized carbons (Fsp3) is 0.353. The van der Waals surface area contributed by atoms with Crippen LogP contribution in [0.3, 0.4) is 0 Å². The number of hydrogen-bond donors (Lipinski definition) is 1. The lowest BCUT2D eigenvalue weighted by Crippen LogP contribution is -1.96. The summed E-state index contributed by atoms with van der Waals surface area (Å²) in [6.07, 6.45) is 9.41. The van der Waals surface area contributed by atoms with Gasteiger partial charge in [0.2, 0.25) is 0 Å². The lowest BCUT2D eigenvalue weighted by Gasteiger charge is -2.06. The van der Waals surface area contributed by atoms with E-state index >= 15 is 0 Å². The summed E-state index contributed by atoms with van der Waals surface area (Å²) < 4.78 is 13.2. The third kappa shape index (κ3) is 7.64. The van der Waals surface area contributed by atoms with E-state index in [1.54, 1.807) is 31.5 Å². The number of hydrogen-bond acceptors (Lipinski definition) is 2. The number of aromatic nitrogens is 1. The number of rotatable bonds is 5. The molecule has 1 aromatic rings. The molecule has 0 spiro atoms. The topological polar surface area (TPSA) is 33.1 Å². The Bertz CT molecular complexity index is 464. The van der Waals surface area contributed by atoms with Crippen LogP contribution in [0, 0.1) is 0 Å². The van der Waals surface area contributed by atoms with Gasteiger partial charge < -0.3 is 5.11 Å². The van der Waals surface area contributed by atoms with Gasteiger partial charge in [-0.1, -0.05) is 32.9 Å². The SMILES string of the molecule is C=C(/C=C(F)\C=C/C)Cc1ccncc1CO.CCC. The summed E-state index contributed by atoms with van der Waals surface area (Å²) in [5.74, 6) is -0.322. The van der Waals surface area contributed by atoms with Crippen LogP contribution in [-0.2, 0) is 13.0 Å². The molecule has 0 atom stereocenters. The van der Waals surface area contributed by atoms with Crippen LogP contribution >= 0.6 is 0 Å². The van der Waals surface area contributed by atoms with Crippen molar-refractivity contribution in [2.75, 3.05) is 0 Å². The molecule has 1 rings (SSSR count). The second-order valence-corrected chi connectivity index (χ2v) is 4.37. The van der Waals surface area contributed by atoms with Gasteiger partial charge in [-0.2, -0.15) is 0 Å². The van der Waals surface area contributed by atoms with Crippen LogP contribution in [0.5, 0.6) is 0 Å². The van der Waals surface area contributed by atoms with Crippen LogP contribution in [0.1, 0.15) is 38.3 Å². The second-order valence-electron chi connectivity index (χ2n) is 4.37. The molecular formula is C17H24FNO. The standard InChI is InChI=1S/C14H16FNO.C3H8/c1-3-4-14(15)8-11(2)7-12-5-6-16-9-13(12)10-17;1-3-2/h3-6,8-9,17H,2,7,10H2,1H3;3H2,1-2H3/b4-3-,14-8+;. The Morgan fingerprint density at radius 1 is 1.40 bits per heavy atom. The van der Waals surface area contributed by atoms with Gasteiger partial charge in [0.25, 0.3) is 0 Å². The van der Waals surface area contributed by atoms with Gasteiger partial charge in [0.15, 0.2) is 0 Å². The first-order chi connectivity index (χ1) is 9.58. The molecule has 0 amide bonds. The van der Waals surface area contributed by atoms with E-state index in [9.17, 15) is 4.39 Å². The Labute approximate surface area is 121 Å². The highest BCUT2D eigenvalue weighted by Gasteiger charge is 2.02. The Morgan fingerprint density at radius 2 is 2.05 bits per heavy atom. The molecule has 110 valence electrons. The summed E-state index contributed by atoms with van der Waals surface area (Å²) in [6, 6.07) is 1.80. The normalized spacial score (nSPS) is 11.2. The lowest BCUT2D eigenvalue weighted by molar-refractivity contribution is 0.280. The van der Waals surface area contributed by atoms with Gasteiger partial charge >= 0.3 is 0 Å². The van der Waals surface area contributed by atoms with Crippen LogP contribution in [0.4, 0.5) is 4.39 Å². The first kappa shape index (κ1) is 18.3. The van der Waals surface area contributed by atoms with Crippen molar-refractivity contribution in [1.82, 2.24) is 4.98 Å². The number of pyridine rings is 1. The van der Waals surface area contributed by atoms with Crippen molar-refractivity contribution in [3.63, 3.8) is 0 Å². The van der Waals surface area contributed by atoms with Gasteiger partial charge in [0.05, 0.1) is 6.61 Å². The summed E-state index contributed by atoms with van der Waals surface area (Å²) in [5, 5.41) is 9.13. The van der Waals surface area contributed by atoms with Gasteiger partial charge in [-0.15, -0.1) is 0 Å². The molecule has 1 aromatic heterocycles. The Morgan fingerprint density at radius 3 is 2.60 bits per heavy atom. The van der Waals surface area contributed by atoms with Crippen molar-refractivity contribution in [2.45, 2.75) is 40.2 Å². The average Bonchev–Trinajstić information content (AvgIpc) is 2.40. The maximum atomic E-state index is 13.2. The van der Waals surface area contributed by atoms with Crippen LogP contribution < -0.4 is 0 Å². The predicted molar refractivity (Wildman–Crippen MR) is 83.0 cm³/mol. The molecule has 1 heterocycles. The summed E-state index contributed by atoms with van der Waals surface area (Å²) >= 11 is 0. The van der Waals surface area contributed by atoms with Crippen molar-refractivity contribution in [1.29, 1.82) is 0 Å². The molecule has 0 aliphatic rings. The Balaban J connectivity index is 0.00000110. The molecule has 2 nitrogen and oxygen atoms in total. The summed E-state index contributed by atoms with van der Waals surface area (Å²) in [4.78, 5) is 3.92. The fourth-order valence-electron chi connectivity index (χ4n) is 1.47. The van der Waals surface area contributed by atoms with Crippen LogP contribution in [0.15, 0.2) is 54.7 Å². The molecule has 0 saturated carbocycles. The van der Waals surface area contributed by atoms with Crippen LogP contribution in [0.25, 0.3) is 0 Å². The number of halogens is 1. The molecule has 0 aromatic carbocycles. The van der Waals surface area contributed by atoms with E-state index in [4.69, 9.17) is 5.11 Å². The van der Waals surface area contributed by atoms with Crippen molar-refractivity contribution < 1.29 is 9.50 Å². The van der Waals surface area contributed by atoms with Gasteiger partial charge in [0.1, 0.15) is 5.83 Å². The number of aliphatic hydroxyl groups is 1. The largest absolute Gasteiger partial charge is 0.392 e. The van der Waals surface area contributed by atoms with Gasteiger partial charge in [-0.3, -0.25) is 4.98 Å². The van der Waals surface area contributed by atoms with E-state index in [1.807, 2.05) is 0 Å². The minimum Gasteiger partial charge on any atom is -0.392 e. The molecule has 0 fully saturated rings. The summed E-state index contributed by atoms with van der Waals surface area (Å²) in [7, 11) is 0. The molecule has 1 N–H and O–H groups in total. The van der Waals surface area contributed by atoms with Crippen molar-refractivity contribution in [3.8, 4) is 0 Å². The molecule has 0 unspecified atom stereocenters. The smallest absolute Gasteiger partial charge is 0.123 e. The zero-order chi connectivity index (χ0) is 15.4. The highest BCUT2D eigenvalue weighted by atomic mass is 19.1. The highest BCUT2D eigenvalue weighted by Crippen LogP contribution is 2.14. The second kappa shape index (κ2) is 11.1. The van der Waals surface area contributed by atoms with E-state index in [1.165, 1.54) is 18.6 Å². The van der Waals surface area contributed by atoms with Crippen molar-refractivity contribution in [3.05, 3.63) is 65.8 Å². The minimum atomic E-state index is -0.322. The molecule has 0 bridgehead atoms. The Hall–Kier alpha value is -1.74. The zero-order valence-electron chi connectivity index (χ0n) is 12.6. The van der Waals surface area contributed by atoms with E-state index in [2.05, 4.69) is 25.4 Å². The zero-order valence-corrected chi connectivity index (χ0v) is 12.6. The first-order valence-electron chi connectivity index (χ1n) is 6.79. The summed E-state index contributed by atoms with van der Waals surface area (Å²) in [5.41, 5.74) is 2.31. The summed E-state index contributed by atoms with van der Waals surface area (Å²) in [6.45, 7) is 9.73. The van der Waals surface area contributed by atoms with Crippen molar-refractivity contribution in [2.24, 2.45) is 0 Å². The first-order valence-corrected chi connectivity index (χ1v) is 6.79. The van der Waals surface area contributed by atoms with Gasteiger partial charge in [0, 0.05) is 12.4 Å². The van der Waals surface area contributed by atoms with E-state index < -0.39 is 0 Å². The van der Waals surface area contributed by atoms with Gasteiger partial charge in [-0.25, -0.2) is 4.39 Å². The number of aliphatic hydroxyl groups excluding tert-OH is 1. The molecule has 20 heavy (non-hydrogen) atoms. The predicted octanol–water partition coefficient (Wildman–Crippen LogP) is 4.52. The number of nitrogens with zero attached hydrogens (tertiary/aromatic N) is 1. The third-order valence-corrected chi connectivity index (χ3v) is 2.26. The molecular weight excluding hydrogens is 253 g/mol.